The molecule has 0 bridgehead atoms. The number of hydrogen-bond donors (Lipinski definition) is 0. The zero-order valence-corrected chi connectivity index (χ0v) is 15.9. The van der Waals surface area contributed by atoms with Crippen molar-refractivity contribution in [2.45, 2.75) is 25.9 Å². The Morgan fingerprint density at radius 2 is 1.85 bits per heavy atom. The van der Waals surface area contributed by atoms with E-state index < -0.39 is 0 Å². The zero-order chi connectivity index (χ0) is 18.5. The molecule has 1 aromatic heterocycles. The number of rotatable bonds is 6. The molecule has 1 heterocycles. The maximum absolute atomic E-state index is 11.7. The lowest BCUT2D eigenvalue weighted by atomic mass is 10.1. The number of aromatic nitrogens is 3. The monoisotopic (exact) mass is 367 g/mol. The molecule has 0 spiro atoms. The fourth-order valence-corrected chi connectivity index (χ4v) is 3.34. The molecule has 3 rings (SSSR count). The van der Waals surface area contributed by atoms with Gasteiger partial charge in [-0.25, -0.2) is 0 Å². The van der Waals surface area contributed by atoms with Crippen LogP contribution in [-0.2, 0) is 9.53 Å². The Kier molecular flexibility index (Phi) is 5.73. The summed E-state index contributed by atoms with van der Waals surface area (Å²) in [6, 6.07) is 16.3. The van der Waals surface area contributed by atoms with Crippen LogP contribution in [0, 0.1) is 13.8 Å². The Hall–Kier alpha value is -2.60. The second-order valence-electron chi connectivity index (χ2n) is 5.94. The van der Waals surface area contributed by atoms with E-state index in [-0.39, 0.29) is 11.7 Å². The van der Waals surface area contributed by atoms with Gasteiger partial charge in [-0.3, -0.25) is 9.36 Å². The molecule has 0 aliphatic rings. The van der Waals surface area contributed by atoms with Gasteiger partial charge >= 0.3 is 5.97 Å². The second kappa shape index (κ2) is 8.19. The summed E-state index contributed by atoms with van der Waals surface area (Å²) in [4.78, 5) is 11.7. The predicted molar refractivity (Wildman–Crippen MR) is 104 cm³/mol. The molecular formula is C20H21N3O2S. The maximum Gasteiger partial charge on any atom is 0.316 e. The second-order valence-corrected chi connectivity index (χ2v) is 6.88. The molecule has 0 saturated heterocycles. The summed E-state index contributed by atoms with van der Waals surface area (Å²) in [5.74, 6) is 0.697. The molecule has 6 heteroatoms. The van der Waals surface area contributed by atoms with Crippen LogP contribution in [0.15, 0.2) is 53.7 Å². The van der Waals surface area contributed by atoms with Crippen molar-refractivity contribution in [1.82, 2.24) is 14.8 Å². The lowest BCUT2D eigenvalue weighted by Crippen LogP contribution is -2.08. The largest absolute Gasteiger partial charge is 0.465 e. The van der Waals surface area contributed by atoms with E-state index in [9.17, 15) is 4.79 Å². The van der Waals surface area contributed by atoms with Gasteiger partial charge in [0, 0.05) is 11.3 Å². The van der Waals surface area contributed by atoms with Crippen LogP contribution >= 0.6 is 11.8 Å². The summed E-state index contributed by atoms with van der Waals surface area (Å²) in [5.41, 5.74) is 4.28. The number of aryl methyl sites for hydroxylation is 2. The summed E-state index contributed by atoms with van der Waals surface area (Å²) in [5, 5.41) is 9.38. The summed E-state index contributed by atoms with van der Waals surface area (Å²) in [7, 11) is 0. The van der Waals surface area contributed by atoms with Gasteiger partial charge in [-0.1, -0.05) is 53.2 Å². The molecule has 0 radical (unpaired) electrons. The molecule has 0 atom stereocenters. The van der Waals surface area contributed by atoms with Crippen molar-refractivity contribution in [3.8, 4) is 17.1 Å². The van der Waals surface area contributed by atoms with Crippen LogP contribution in [0.1, 0.15) is 18.1 Å². The van der Waals surface area contributed by atoms with Crippen molar-refractivity contribution in [3.05, 3.63) is 59.7 Å². The van der Waals surface area contributed by atoms with Gasteiger partial charge in [0.25, 0.3) is 0 Å². The van der Waals surface area contributed by atoms with Crippen molar-refractivity contribution in [3.63, 3.8) is 0 Å². The number of benzene rings is 2. The number of carbonyl (C=O) groups is 1. The number of esters is 1. The molecule has 26 heavy (non-hydrogen) atoms. The van der Waals surface area contributed by atoms with Crippen molar-refractivity contribution in [2.75, 3.05) is 12.4 Å². The quantitative estimate of drug-likeness (QED) is 0.483. The normalized spacial score (nSPS) is 10.7. The Morgan fingerprint density at radius 3 is 2.54 bits per heavy atom. The zero-order valence-electron chi connectivity index (χ0n) is 15.1. The first-order chi connectivity index (χ1) is 12.6. The first-order valence-corrected chi connectivity index (χ1v) is 9.45. The molecule has 3 aromatic rings. The van der Waals surface area contributed by atoms with Crippen LogP contribution < -0.4 is 0 Å². The minimum atomic E-state index is -0.256. The molecule has 0 aliphatic heterocycles. The lowest BCUT2D eigenvalue weighted by Gasteiger charge is -2.11. The fourth-order valence-electron chi connectivity index (χ4n) is 2.59. The van der Waals surface area contributed by atoms with Gasteiger partial charge in [0.2, 0.25) is 0 Å². The van der Waals surface area contributed by atoms with Gasteiger partial charge < -0.3 is 4.74 Å². The molecule has 134 valence electrons. The average Bonchev–Trinajstić information content (AvgIpc) is 3.05. The standard InChI is InChI=1S/C20H21N3O2S/c1-4-25-18(24)13-26-20-22-21-19(16-7-5-6-15(3)12-16)23(20)17-10-8-14(2)9-11-17/h5-12H,4,13H2,1-3H3. The Balaban J connectivity index is 2.02. The van der Waals surface area contributed by atoms with E-state index in [1.165, 1.54) is 17.3 Å². The summed E-state index contributed by atoms with van der Waals surface area (Å²) in [6.07, 6.45) is 0. The molecule has 0 fully saturated rings. The van der Waals surface area contributed by atoms with Crippen LogP contribution in [0.5, 0.6) is 0 Å². The minimum absolute atomic E-state index is 0.200. The van der Waals surface area contributed by atoms with Gasteiger partial charge in [-0.05, 0) is 39.0 Å². The third-order valence-electron chi connectivity index (χ3n) is 3.83. The van der Waals surface area contributed by atoms with E-state index in [1.807, 2.05) is 48.7 Å². The number of carbonyl (C=O) groups excluding carboxylic acids is 1. The van der Waals surface area contributed by atoms with Crippen molar-refractivity contribution < 1.29 is 9.53 Å². The van der Waals surface area contributed by atoms with E-state index in [4.69, 9.17) is 4.74 Å². The molecule has 0 aliphatic carbocycles. The highest BCUT2D eigenvalue weighted by Gasteiger charge is 2.17. The lowest BCUT2D eigenvalue weighted by molar-refractivity contribution is -0.139. The minimum Gasteiger partial charge on any atom is -0.465 e. The highest BCUT2D eigenvalue weighted by atomic mass is 32.2. The first kappa shape index (κ1) is 18.2. The molecule has 0 amide bonds. The van der Waals surface area contributed by atoms with E-state index in [1.54, 1.807) is 6.92 Å². The Labute approximate surface area is 157 Å². The van der Waals surface area contributed by atoms with Crippen molar-refractivity contribution in [1.29, 1.82) is 0 Å². The van der Waals surface area contributed by atoms with Crippen LogP contribution in [-0.4, -0.2) is 33.1 Å². The van der Waals surface area contributed by atoms with E-state index >= 15 is 0 Å². The van der Waals surface area contributed by atoms with Gasteiger partial charge in [-0.15, -0.1) is 10.2 Å². The number of thioether (sulfide) groups is 1. The third-order valence-corrected chi connectivity index (χ3v) is 4.73. The predicted octanol–water partition coefficient (Wildman–Crippen LogP) is 4.21. The molecule has 0 unspecified atom stereocenters. The van der Waals surface area contributed by atoms with Crippen LogP contribution in [0.3, 0.4) is 0 Å². The average molecular weight is 367 g/mol. The van der Waals surface area contributed by atoms with Gasteiger partial charge in [0.05, 0.1) is 12.4 Å². The fraction of sp³-hybridized carbons (Fsp3) is 0.250. The van der Waals surface area contributed by atoms with Crippen molar-refractivity contribution >= 4 is 17.7 Å². The summed E-state index contributed by atoms with van der Waals surface area (Å²) < 4.78 is 7.00. The Morgan fingerprint density at radius 1 is 1.08 bits per heavy atom. The van der Waals surface area contributed by atoms with Crippen LogP contribution in [0.25, 0.3) is 17.1 Å². The number of ether oxygens (including phenoxy) is 1. The van der Waals surface area contributed by atoms with E-state index in [2.05, 4.69) is 28.4 Å². The van der Waals surface area contributed by atoms with E-state index in [0.29, 0.717) is 11.8 Å². The molecule has 2 aromatic carbocycles. The third kappa shape index (κ3) is 4.14. The summed E-state index contributed by atoms with van der Waals surface area (Å²) >= 11 is 1.33. The topological polar surface area (TPSA) is 57.0 Å². The summed E-state index contributed by atoms with van der Waals surface area (Å²) in [6.45, 7) is 6.27. The number of hydrogen-bond acceptors (Lipinski definition) is 5. The van der Waals surface area contributed by atoms with E-state index in [0.717, 1.165) is 22.6 Å². The van der Waals surface area contributed by atoms with Gasteiger partial charge in [0.15, 0.2) is 11.0 Å². The smallest absolute Gasteiger partial charge is 0.316 e. The first-order valence-electron chi connectivity index (χ1n) is 8.46. The molecular weight excluding hydrogens is 346 g/mol. The van der Waals surface area contributed by atoms with Gasteiger partial charge in [0.1, 0.15) is 0 Å². The molecule has 0 saturated carbocycles. The van der Waals surface area contributed by atoms with Gasteiger partial charge in [-0.2, -0.15) is 0 Å². The van der Waals surface area contributed by atoms with Crippen molar-refractivity contribution in [2.24, 2.45) is 0 Å². The number of nitrogens with zero attached hydrogens (tertiary/aromatic N) is 3. The maximum atomic E-state index is 11.7. The SMILES string of the molecule is CCOC(=O)CSc1nnc(-c2cccc(C)c2)n1-c1ccc(C)cc1. The highest BCUT2D eigenvalue weighted by molar-refractivity contribution is 7.99. The van der Waals surface area contributed by atoms with Crippen LogP contribution in [0.2, 0.25) is 0 Å². The van der Waals surface area contributed by atoms with Crippen LogP contribution in [0.4, 0.5) is 0 Å². The Bertz CT molecular complexity index is 904. The molecule has 5 nitrogen and oxygen atoms in total. The highest BCUT2D eigenvalue weighted by Crippen LogP contribution is 2.28. The molecule has 0 N–H and O–H groups in total.